The van der Waals surface area contributed by atoms with Crippen molar-refractivity contribution in [2.45, 2.75) is 37.2 Å². The van der Waals surface area contributed by atoms with Crippen molar-refractivity contribution >= 4 is 15.9 Å². The van der Waals surface area contributed by atoms with Crippen LogP contribution in [0.2, 0.25) is 0 Å². The second-order valence-corrected chi connectivity index (χ2v) is 8.88. The van der Waals surface area contributed by atoms with Crippen molar-refractivity contribution in [1.82, 2.24) is 9.21 Å². The topological polar surface area (TPSA) is 66.9 Å². The van der Waals surface area contributed by atoms with E-state index in [-0.39, 0.29) is 16.9 Å². The quantitative estimate of drug-likeness (QED) is 0.754. The molecule has 6 nitrogen and oxygen atoms in total. The molecular formula is C19H26N2O4S. The van der Waals surface area contributed by atoms with Gasteiger partial charge >= 0.3 is 0 Å². The number of nitrogens with zero attached hydrogens (tertiary/aromatic N) is 2. The van der Waals surface area contributed by atoms with E-state index in [1.165, 1.54) is 15.9 Å². The molecule has 2 aliphatic rings. The highest BCUT2D eigenvalue weighted by Gasteiger charge is 2.31. The molecule has 0 aromatic heterocycles. The number of ether oxygens (including phenoxy) is 1. The van der Waals surface area contributed by atoms with Crippen LogP contribution in [-0.4, -0.2) is 62.9 Å². The van der Waals surface area contributed by atoms with Crippen LogP contribution in [0.3, 0.4) is 0 Å². The van der Waals surface area contributed by atoms with Gasteiger partial charge in [0, 0.05) is 38.9 Å². The minimum Gasteiger partial charge on any atom is -0.380 e. The molecule has 0 saturated carbocycles. The maximum Gasteiger partial charge on any atom is 0.254 e. The first-order chi connectivity index (χ1) is 12.4. The van der Waals surface area contributed by atoms with Crippen LogP contribution in [0.5, 0.6) is 0 Å². The van der Waals surface area contributed by atoms with Crippen molar-refractivity contribution < 1.29 is 17.9 Å². The number of rotatable bonds is 4. The van der Waals surface area contributed by atoms with Crippen molar-refractivity contribution in [1.29, 1.82) is 0 Å². The predicted octanol–water partition coefficient (Wildman–Crippen LogP) is 2.28. The van der Waals surface area contributed by atoms with Crippen LogP contribution in [0.15, 0.2) is 40.8 Å². The summed E-state index contributed by atoms with van der Waals surface area (Å²) >= 11 is 0. The Morgan fingerprint density at radius 3 is 2.77 bits per heavy atom. The fourth-order valence-corrected chi connectivity index (χ4v) is 4.95. The van der Waals surface area contributed by atoms with Gasteiger partial charge in [0.25, 0.3) is 5.91 Å². The number of carbonyl (C=O) groups excluding carboxylic acids is 1. The van der Waals surface area contributed by atoms with E-state index in [0.29, 0.717) is 31.7 Å². The van der Waals surface area contributed by atoms with E-state index in [4.69, 9.17) is 4.74 Å². The third kappa shape index (κ3) is 4.00. The van der Waals surface area contributed by atoms with Gasteiger partial charge in [0.1, 0.15) is 0 Å². The second kappa shape index (κ2) is 7.90. The minimum absolute atomic E-state index is 0.0771. The largest absolute Gasteiger partial charge is 0.380 e. The molecule has 3 rings (SSSR count). The molecule has 1 aromatic carbocycles. The number of hydrogen-bond donors (Lipinski definition) is 0. The lowest BCUT2D eigenvalue weighted by molar-refractivity contribution is 0.0572. The van der Waals surface area contributed by atoms with Gasteiger partial charge in [0.2, 0.25) is 10.0 Å². The molecule has 0 aliphatic carbocycles. The summed E-state index contributed by atoms with van der Waals surface area (Å²) in [5.74, 6) is -0.126. The number of piperidine rings is 1. The highest BCUT2D eigenvalue weighted by atomic mass is 32.2. The van der Waals surface area contributed by atoms with Crippen LogP contribution >= 0.6 is 0 Å². The van der Waals surface area contributed by atoms with Crippen LogP contribution in [0, 0.1) is 0 Å². The summed E-state index contributed by atoms with van der Waals surface area (Å²) in [4.78, 5) is 14.6. The van der Waals surface area contributed by atoms with E-state index >= 15 is 0 Å². The monoisotopic (exact) mass is 378 g/mol. The van der Waals surface area contributed by atoms with Crippen LogP contribution in [0.1, 0.15) is 36.5 Å². The van der Waals surface area contributed by atoms with Crippen LogP contribution in [-0.2, 0) is 14.8 Å². The Hall–Kier alpha value is -1.70. The fraction of sp³-hybridized carbons (Fsp3) is 0.526. The molecule has 26 heavy (non-hydrogen) atoms. The standard InChI is InChI=1S/C19H26N2O4S/c1-15-8-11-20(12-9-15)19(22)16-5-3-7-18(13-16)26(23,24)21-10-4-6-17(14-21)25-2/h3,5,7-8,13,17H,4,6,9-12,14H2,1-2H3/t17-/m0/s1. The molecule has 2 heterocycles. The number of carbonyl (C=O) groups is 1. The zero-order valence-corrected chi connectivity index (χ0v) is 16.2. The van der Waals surface area contributed by atoms with Gasteiger partial charge in [-0.2, -0.15) is 4.31 Å². The summed E-state index contributed by atoms with van der Waals surface area (Å²) in [6.45, 7) is 4.13. The van der Waals surface area contributed by atoms with Crippen molar-refractivity contribution in [3.8, 4) is 0 Å². The molecule has 2 aliphatic heterocycles. The smallest absolute Gasteiger partial charge is 0.254 e. The molecule has 0 bridgehead atoms. The number of amides is 1. The highest BCUT2D eigenvalue weighted by Crippen LogP contribution is 2.23. The van der Waals surface area contributed by atoms with E-state index in [0.717, 1.165) is 19.3 Å². The van der Waals surface area contributed by atoms with Gasteiger partial charge in [-0.1, -0.05) is 17.7 Å². The highest BCUT2D eigenvalue weighted by molar-refractivity contribution is 7.89. The Morgan fingerprint density at radius 2 is 2.08 bits per heavy atom. The Balaban J connectivity index is 1.81. The van der Waals surface area contributed by atoms with Gasteiger partial charge in [-0.15, -0.1) is 0 Å². The molecule has 0 N–H and O–H groups in total. The SMILES string of the molecule is CO[C@H]1CCCN(S(=O)(=O)c2cccc(C(=O)N3CC=C(C)CC3)c2)C1. The zero-order chi connectivity index (χ0) is 18.7. The Morgan fingerprint density at radius 1 is 1.27 bits per heavy atom. The Bertz CT molecular complexity index is 804. The second-order valence-electron chi connectivity index (χ2n) is 6.94. The fourth-order valence-electron chi connectivity index (χ4n) is 3.39. The first-order valence-corrected chi connectivity index (χ1v) is 10.4. The Labute approximate surface area is 155 Å². The molecule has 1 atom stereocenters. The van der Waals surface area contributed by atoms with Crippen molar-refractivity contribution in [2.24, 2.45) is 0 Å². The molecule has 0 radical (unpaired) electrons. The zero-order valence-electron chi connectivity index (χ0n) is 15.3. The van der Waals surface area contributed by atoms with Gasteiger partial charge in [-0.05, 0) is 44.4 Å². The van der Waals surface area contributed by atoms with Crippen LogP contribution < -0.4 is 0 Å². The van der Waals surface area contributed by atoms with E-state index in [9.17, 15) is 13.2 Å². The van der Waals surface area contributed by atoms with Gasteiger partial charge in [-0.25, -0.2) is 8.42 Å². The number of benzene rings is 1. The molecule has 7 heteroatoms. The van der Waals surface area contributed by atoms with E-state index in [1.54, 1.807) is 30.2 Å². The minimum atomic E-state index is -3.63. The maximum absolute atomic E-state index is 13.0. The predicted molar refractivity (Wildman–Crippen MR) is 99.5 cm³/mol. The van der Waals surface area contributed by atoms with Gasteiger partial charge in [-0.3, -0.25) is 4.79 Å². The normalized spacial score (nSPS) is 22.2. The summed E-state index contributed by atoms with van der Waals surface area (Å²) in [7, 11) is -2.02. The lowest BCUT2D eigenvalue weighted by Crippen LogP contribution is -2.42. The number of hydrogen-bond acceptors (Lipinski definition) is 4. The van der Waals surface area contributed by atoms with Gasteiger partial charge in [0.15, 0.2) is 0 Å². The summed E-state index contributed by atoms with van der Waals surface area (Å²) in [5.41, 5.74) is 1.70. The molecule has 1 saturated heterocycles. The van der Waals surface area contributed by atoms with E-state index in [2.05, 4.69) is 6.92 Å². The van der Waals surface area contributed by atoms with Crippen molar-refractivity contribution in [2.75, 3.05) is 33.3 Å². The molecular weight excluding hydrogens is 352 g/mol. The van der Waals surface area contributed by atoms with Gasteiger partial charge < -0.3 is 9.64 Å². The first-order valence-electron chi connectivity index (χ1n) is 8.99. The average Bonchev–Trinajstić information content (AvgIpc) is 2.68. The van der Waals surface area contributed by atoms with Crippen LogP contribution in [0.25, 0.3) is 0 Å². The van der Waals surface area contributed by atoms with E-state index < -0.39 is 10.0 Å². The molecule has 0 unspecified atom stereocenters. The average molecular weight is 378 g/mol. The van der Waals surface area contributed by atoms with E-state index in [1.807, 2.05) is 6.08 Å². The summed E-state index contributed by atoms with van der Waals surface area (Å²) in [6, 6.07) is 6.38. The van der Waals surface area contributed by atoms with Crippen LogP contribution in [0.4, 0.5) is 0 Å². The third-order valence-electron chi connectivity index (χ3n) is 5.12. The first kappa shape index (κ1) is 19.1. The van der Waals surface area contributed by atoms with Gasteiger partial charge in [0.05, 0.1) is 11.0 Å². The molecule has 1 fully saturated rings. The van der Waals surface area contributed by atoms with Crippen molar-refractivity contribution in [3.63, 3.8) is 0 Å². The third-order valence-corrected chi connectivity index (χ3v) is 6.98. The molecule has 142 valence electrons. The molecule has 1 aromatic rings. The lowest BCUT2D eigenvalue weighted by Gasteiger charge is -2.31. The number of sulfonamides is 1. The number of methoxy groups -OCH3 is 1. The Kier molecular flexibility index (Phi) is 5.79. The maximum atomic E-state index is 13.0. The summed E-state index contributed by atoms with van der Waals surface area (Å²) in [6.07, 6.45) is 4.46. The molecule has 1 amide bonds. The summed E-state index contributed by atoms with van der Waals surface area (Å²) in [5, 5.41) is 0. The molecule has 0 spiro atoms. The summed E-state index contributed by atoms with van der Waals surface area (Å²) < 4.78 is 32.7. The lowest BCUT2D eigenvalue weighted by atomic mass is 10.1. The van der Waals surface area contributed by atoms with Crippen molar-refractivity contribution in [3.05, 3.63) is 41.5 Å².